The summed E-state index contributed by atoms with van der Waals surface area (Å²) in [4.78, 5) is 8.38. The van der Waals surface area contributed by atoms with Crippen molar-refractivity contribution in [2.24, 2.45) is 0 Å². The Morgan fingerprint density at radius 1 is 0.641 bits per heavy atom. The molecule has 0 saturated carbocycles. The zero-order valence-corrected chi connectivity index (χ0v) is 21.4. The SMILES string of the molecule is CC(C)c1cccc(-c2nc3cc(C(c4ccc5oc(C(C)C)nc5c4)(C(F)(F)F)C(F)(F)F)ccc3o2)c1. The molecule has 2 aromatic heterocycles. The van der Waals surface area contributed by atoms with Crippen molar-refractivity contribution < 1.29 is 35.2 Å². The standard InChI is InChI=1S/C29H24F6N2O2/c1-15(2)17-6-5-7-18(12-17)26-37-22-14-20(9-11-24(22)39-26)27(28(30,31)32,29(33,34)35)19-8-10-23-21(13-19)36-25(38-23)16(3)4/h5-16H,1-4H3. The second-order valence-corrected chi connectivity index (χ2v) is 10.1. The minimum atomic E-state index is -5.75. The molecule has 204 valence electrons. The van der Waals surface area contributed by atoms with Crippen molar-refractivity contribution in [2.45, 2.75) is 57.3 Å². The molecule has 0 bridgehead atoms. The number of nitrogens with zero attached hydrogens (tertiary/aromatic N) is 2. The monoisotopic (exact) mass is 546 g/mol. The van der Waals surface area contributed by atoms with Gasteiger partial charge in [0.05, 0.1) is 0 Å². The molecule has 0 saturated heterocycles. The second-order valence-electron chi connectivity index (χ2n) is 10.1. The van der Waals surface area contributed by atoms with Gasteiger partial charge in [-0.1, -0.05) is 52.0 Å². The first-order valence-electron chi connectivity index (χ1n) is 12.3. The van der Waals surface area contributed by atoms with E-state index in [0.29, 0.717) is 5.56 Å². The third kappa shape index (κ3) is 4.35. The topological polar surface area (TPSA) is 52.1 Å². The van der Waals surface area contributed by atoms with E-state index in [1.165, 1.54) is 0 Å². The fourth-order valence-electron chi connectivity index (χ4n) is 4.72. The van der Waals surface area contributed by atoms with Crippen LogP contribution in [-0.4, -0.2) is 22.3 Å². The molecule has 2 heterocycles. The molecule has 4 nitrogen and oxygen atoms in total. The number of oxazole rings is 2. The number of halogens is 6. The summed E-state index contributed by atoms with van der Waals surface area (Å²) in [6.45, 7) is 7.49. The zero-order chi connectivity index (χ0) is 28.3. The molecule has 39 heavy (non-hydrogen) atoms. The van der Waals surface area contributed by atoms with Crippen LogP contribution in [0.1, 0.15) is 62.1 Å². The molecule has 10 heteroatoms. The molecule has 5 aromatic rings. The fourth-order valence-corrected chi connectivity index (χ4v) is 4.72. The van der Waals surface area contributed by atoms with Gasteiger partial charge in [0.25, 0.3) is 0 Å². The maximum absolute atomic E-state index is 14.8. The van der Waals surface area contributed by atoms with Gasteiger partial charge in [-0.05, 0) is 59.0 Å². The molecule has 0 atom stereocenters. The Kier molecular flexibility index (Phi) is 6.27. The second kappa shape index (κ2) is 9.14. The quantitative estimate of drug-likeness (QED) is 0.206. The molecule has 0 spiro atoms. The highest BCUT2D eigenvalue weighted by atomic mass is 19.4. The van der Waals surface area contributed by atoms with E-state index in [1.54, 1.807) is 26.0 Å². The summed E-state index contributed by atoms with van der Waals surface area (Å²) >= 11 is 0. The van der Waals surface area contributed by atoms with Gasteiger partial charge in [-0.2, -0.15) is 26.3 Å². The Hall–Kier alpha value is -3.82. The summed E-state index contributed by atoms with van der Waals surface area (Å²) in [6.07, 6.45) is -11.5. The Bertz CT molecular complexity index is 1650. The van der Waals surface area contributed by atoms with E-state index in [4.69, 9.17) is 8.83 Å². The predicted molar refractivity (Wildman–Crippen MR) is 135 cm³/mol. The molecule has 3 aromatic carbocycles. The van der Waals surface area contributed by atoms with Crippen LogP contribution in [0.2, 0.25) is 0 Å². The largest absolute Gasteiger partial charge is 0.440 e. The van der Waals surface area contributed by atoms with Crippen molar-refractivity contribution in [1.82, 2.24) is 9.97 Å². The minimum absolute atomic E-state index is 0.0653. The summed E-state index contributed by atoms with van der Waals surface area (Å²) in [7, 11) is 0. The molecule has 0 N–H and O–H groups in total. The van der Waals surface area contributed by atoms with Gasteiger partial charge >= 0.3 is 12.4 Å². The van der Waals surface area contributed by atoms with Crippen molar-refractivity contribution >= 4 is 22.2 Å². The van der Waals surface area contributed by atoms with Gasteiger partial charge in [-0.3, -0.25) is 0 Å². The fraction of sp³-hybridized carbons (Fsp3) is 0.310. The molecule has 0 radical (unpaired) electrons. The maximum Gasteiger partial charge on any atom is 0.411 e. The summed E-state index contributed by atoms with van der Waals surface area (Å²) in [5.74, 6) is 0.295. The molecule has 0 unspecified atom stereocenters. The molecule has 0 aliphatic rings. The average molecular weight is 547 g/mol. The number of fused-ring (bicyclic) bond motifs is 2. The number of rotatable bonds is 5. The Morgan fingerprint density at radius 3 is 1.74 bits per heavy atom. The van der Waals surface area contributed by atoms with Crippen molar-refractivity contribution in [2.75, 3.05) is 0 Å². The number of alkyl halides is 6. The van der Waals surface area contributed by atoms with Gasteiger partial charge in [0.15, 0.2) is 17.1 Å². The first-order valence-corrected chi connectivity index (χ1v) is 12.3. The van der Waals surface area contributed by atoms with E-state index in [9.17, 15) is 26.3 Å². The number of hydrogen-bond donors (Lipinski definition) is 0. The van der Waals surface area contributed by atoms with E-state index in [0.717, 1.165) is 42.0 Å². The lowest BCUT2D eigenvalue weighted by Gasteiger charge is -2.38. The lowest BCUT2D eigenvalue weighted by Crippen LogP contribution is -2.54. The summed E-state index contributed by atoms with van der Waals surface area (Å²) in [5.41, 5.74) is -4.92. The Balaban J connectivity index is 1.72. The third-order valence-electron chi connectivity index (χ3n) is 6.80. The highest BCUT2D eigenvalue weighted by Crippen LogP contribution is 2.56. The van der Waals surface area contributed by atoms with Crippen LogP contribution in [0.5, 0.6) is 0 Å². The highest BCUT2D eigenvalue weighted by molar-refractivity contribution is 5.79. The summed E-state index contributed by atoms with van der Waals surface area (Å²) in [5, 5.41) is 0. The van der Waals surface area contributed by atoms with Crippen LogP contribution >= 0.6 is 0 Å². The van der Waals surface area contributed by atoms with Crippen LogP contribution in [0.15, 0.2) is 69.5 Å². The number of benzene rings is 3. The molecular formula is C29H24F6N2O2. The van der Waals surface area contributed by atoms with Crippen molar-refractivity contribution in [3.05, 3.63) is 83.2 Å². The van der Waals surface area contributed by atoms with Crippen molar-refractivity contribution in [3.8, 4) is 11.5 Å². The molecule has 0 amide bonds. The maximum atomic E-state index is 14.8. The lowest BCUT2D eigenvalue weighted by molar-refractivity contribution is -0.288. The van der Waals surface area contributed by atoms with E-state index < -0.39 is 28.9 Å². The molecule has 0 aliphatic heterocycles. The van der Waals surface area contributed by atoms with E-state index in [2.05, 4.69) is 9.97 Å². The van der Waals surface area contributed by atoms with E-state index in [-0.39, 0.29) is 45.8 Å². The van der Waals surface area contributed by atoms with Gasteiger partial charge in [-0.15, -0.1) is 0 Å². The van der Waals surface area contributed by atoms with Gasteiger partial charge in [-0.25, -0.2) is 9.97 Å². The van der Waals surface area contributed by atoms with Crippen molar-refractivity contribution in [1.29, 1.82) is 0 Å². The predicted octanol–water partition coefficient (Wildman–Crippen LogP) is 9.29. The first kappa shape index (κ1) is 26.8. The molecule has 5 rings (SSSR count). The minimum Gasteiger partial charge on any atom is -0.440 e. The first-order chi connectivity index (χ1) is 18.2. The number of aromatic nitrogens is 2. The van der Waals surface area contributed by atoms with Crippen LogP contribution in [0.4, 0.5) is 26.3 Å². The summed E-state index contributed by atoms with van der Waals surface area (Å²) in [6, 6.07) is 12.6. The van der Waals surface area contributed by atoms with Crippen LogP contribution < -0.4 is 0 Å². The van der Waals surface area contributed by atoms with Crippen LogP contribution in [-0.2, 0) is 5.41 Å². The molecule has 0 fully saturated rings. The highest BCUT2D eigenvalue weighted by Gasteiger charge is 2.72. The normalized spacial score (nSPS) is 13.3. The van der Waals surface area contributed by atoms with Crippen molar-refractivity contribution in [3.63, 3.8) is 0 Å². The van der Waals surface area contributed by atoms with Crippen LogP contribution in [0.3, 0.4) is 0 Å². The van der Waals surface area contributed by atoms with E-state index in [1.807, 2.05) is 26.0 Å². The summed E-state index contributed by atoms with van der Waals surface area (Å²) < 4.78 is 99.8. The van der Waals surface area contributed by atoms with Gasteiger partial charge in [0.2, 0.25) is 11.3 Å². The zero-order valence-electron chi connectivity index (χ0n) is 21.4. The lowest BCUT2D eigenvalue weighted by atomic mass is 9.72. The van der Waals surface area contributed by atoms with Gasteiger partial charge in [0, 0.05) is 11.5 Å². The number of hydrogen-bond acceptors (Lipinski definition) is 4. The van der Waals surface area contributed by atoms with Crippen LogP contribution in [0, 0.1) is 0 Å². The Labute approximate surface area is 219 Å². The van der Waals surface area contributed by atoms with E-state index >= 15 is 0 Å². The average Bonchev–Trinajstić information content (AvgIpc) is 3.46. The molecular weight excluding hydrogens is 522 g/mol. The molecule has 0 aliphatic carbocycles. The van der Waals surface area contributed by atoms with Gasteiger partial charge in [0.1, 0.15) is 11.0 Å². The van der Waals surface area contributed by atoms with Crippen LogP contribution in [0.25, 0.3) is 33.7 Å². The smallest absolute Gasteiger partial charge is 0.411 e. The Morgan fingerprint density at radius 2 is 1.21 bits per heavy atom. The van der Waals surface area contributed by atoms with Gasteiger partial charge < -0.3 is 8.83 Å². The third-order valence-corrected chi connectivity index (χ3v) is 6.80.